The highest BCUT2D eigenvalue weighted by atomic mass is 35.5. The second kappa shape index (κ2) is 9.32. The number of hydrogen-bond acceptors (Lipinski definition) is 6. The first kappa shape index (κ1) is 21.2. The molecule has 1 saturated heterocycles. The molecule has 2 N–H and O–H groups in total. The molecule has 0 spiro atoms. The topological polar surface area (TPSA) is 105 Å². The second-order valence-corrected chi connectivity index (χ2v) is 8.30. The monoisotopic (exact) mass is 436 g/mol. The van der Waals surface area contributed by atoms with Crippen LogP contribution in [0.1, 0.15) is 24.3 Å². The number of amides is 3. The molecule has 1 aliphatic heterocycles. The van der Waals surface area contributed by atoms with E-state index in [0.717, 1.165) is 0 Å². The van der Waals surface area contributed by atoms with Crippen LogP contribution in [-0.4, -0.2) is 51.9 Å². The minimum absolute atomic E-state index is 0.0562. The molecule has 0 aliphatic carbocycles. The second-order valence-electron chi connectivity index (χ2n) is 6.57. The Labute approximate surface area is 177 Å². The fourth-order valence-electron chi connectivity index (χ4n) is 2.95. The molecule has 3 amide bonds. The van der Waals surface area contributed by atoms with Crippen molar-refractivity contribution in [2.75, 3.05) is 24.2 Å². The molecular formula is C19H21ClN4O4S. The highest BCUT2D eigenvalue weighted by Gasteiger charge is 2.35. The first-order valence-corrected chi connectivity index (χ1v) is 10.5. The van der Waals surface area contributed by atoms with E-state index >= 15 is 0 Å². The average Bonchev–Trinajstić information content (AvgIpc) is 3.11. The number of piperazine rings is 1. The molecule has 1 fully saturated rings. The smallest absolute Gasteiger partial charge is 0.247 e. The van der Waals surface area contributed by atoms with Crippen LogP contribution in [0.4, 0.5) is 5.82 Å². The zero-order chi connectivity index (χ0) is 21.0. The van der Waals surface area contributed by atoms with Crippen LogP contribution in [0.2, 0.25) is 5.02 Å². The molecule has 1 aromatic carbocycles. The molecule has 1 aliphatic rings. The predicted molar refractivity (Wildman–Crippen MR) is 111 cm³/mol. The summed E-state index contributed by atoms with van der Waals surface area (Å²) in [5, 5.41) is 9.07. The van der Waals surface area contributed by atoms with Crippen molar-refractivity contribution >= 4 is 46.9 Å². The Morgan fingerprint density at radius 1 is 1.45 bits per heavy atom. The number of aryl methyl sites for hydroxylation is 1. The molecular weight excluding hydrogens is 416 g/mol. The van der Waals surface area contributed by atoms with E-state index in [1.165, 1.54) is 16.7 Å². The number of aromatic nitrogens is 1. The molecule has 2 aromatic rings. The number of nitrogens with zero attached hydrogens (tertiary/aromatic N) is 2. The largest absolute Gasteiger partial charge is 0.360 e. The summed E-state index contributed by atoms with van der Waals surface area (Å²) in [4.78, 5) is 39.1. The van der Waals surface area contributed by atoms with Gasteiger partial charge in [-0.1, -0.05) is 35.0 Å². The summed E-state index contributed by atoms with van der Waals surface area (Å²) in [5.41, 5.74) is 0.580. The maximum absolute atomic E-state index is 12.9. The van der Waals surface area contributed by atoms with Crippen LogP contribution in [0, 0.1) is 6.92 Å². The van der Waals surface area contributed by atoms with Gasteiger partial charge in [-0.2, -0.15) is 0 Å². The van der Waals surface area contributed by atoms with Gasteiger partial charge in [-0.05, 0) is 19.9 Å². The van der Waals surface area contributed by atoms with E-state index in [1.807, 2.05) is 0 Å². The molecule has 29 heavy (non-hydrogen) atoms. The summed E-state index contributed by atoms with van der Waals surface area (Å²) in [6.45, 7) is 4.18. The summed E-state index contributed by atoms with van der Waals surface area (Å²) < 4.78 is 4.92. The van der Waals surface area contributed by atoms with E-state index in [-0.39, 0.29) is 23.5 Å². The van der Waals surface area contributed by atoms with E-state index in [1.54, 1.807) is 44.2 Å². The van der Waals surface area contributed by atoms with E-state index in [2.05, 4.69) is 15.8 Å². The van der Waals surface area contributed by atoms with Gasteiger partial charge in [0.15, 0.2) is 5.82 Å². The Morgan fingerprint density at radius 3 is 2.90 bits per heavy atom. The third-order valence-electron chi connectivity index (χ3n) is 4.44. The van der Waals surface area contributed by atoms with Gasteiger partial charge in [0, 0.05) is 29.7 Å². The van der Waals surface area contributed by atoms with Crippen molar-refractivity contribution in [3.05, 3.63) is 46.7 Å². The van der Waals surface area contributed by atoms with Crippen molar-refractivity contribution in [2.45, 2.75) is 25.1 Å². The van der Waals surface area contributed by atoms with Crippen molar-refractivity contribution < 1.29 is 18.9 Å². The first-order chi connectivity index (χ1) is 13.9. The number of nitrogens with one attached hydrogen (secondary N) is 2. The third kappa shape index (κ3) is 5.10. The molecule has 0 saturated carbocycles. The van der Waals surface area contributed by atoms with Gasteiger partial charge in [-0.25, -0.2) is 0 Å². The zero-order valence-electron chi connectivity index (χ0n) is 16.0. The fourth-order valence-corrected chi connectivity index (χ4v) is 3.96. The number of carbonyl (C=O) groups excluding carboxylic acids is 3. The lowest BCUT2D eigenvalue weighted by Gasteiger charge is -2.35. The van der Waals surface area contributed by atoms with E-state index in [4.69, 9.17) is 16.1 Å². The van der Waals surface area contributed by atoms with Gasteiger partial charge in [-0.15, -0.1) is 11.8 Å². The number of benzene rings is 1. The minimum Gasteiger partial charge on any atom is -0.360 e. The van der Waals surface area contributed by atoms with E-state index in [0.29, 0.717) is 35.3 Å². The Balaban J connectivity index is 1.63. The van der Waals surface area contributed by atoms with Gasteiger partial charge >= 0.3 is 0 Å². The van der Waals surface area contributed by atoms with Crippen LogP contribution in [0.3, 0.4) is 0 Å². The van der Waals surface area contributed by atoms with Gasteiger partial charge in [0.25, 0.3) is 0 Å². The number of thioether (sulfide) groups is 1. The molecule has 2 atom stereocenters. The van der Waals surface area contributed by atoms with Gasteiger partial charge < -0.3 is 20.1 Å². The Hall–Kier alpha value is -2.52. The molecule has 2 heterocycles. The van der Waals surface area contributed by atoms with Crippen molar-refractivity contribution in [1.29, 1.82) is 0 Å². The van der Waals surface area contributed by atoms with Crippen LogP contribution in [0.25, 0.3) is 0 Å². The molecule has 0 bridgehead atoms. The van der Waals surface area contributed by atoms with Crippen LogP contribution in [0.5, 0.6) is 0 Å². The minimum atomic E-state index is -0.784. The van der Waals surface area contributed by atoms with Crippen LogP contribution < -0.4 is 10.6 Å². The number of hydrogen-bond donors (Lipinski definition) is 2. The summed E-state index contributed by atoms with van der Waals surface area (Å²) >= 11 is 7.44. The Morgan fingerprint density at radius 2 is 2.21 bits per heavy atom. The number of halogens is 1. The van der Waals surface area contributed by atoms with Crippen molar-refractivity contribution in [1.82, 2.24) is 15.4 Å². The maximum atomic E-state index is 12.9. The average molecular weight is 437 g/mol. The SMILES string of the molecule is Cc1cc(NC(=O)C(C)SCC(=O)N2CCNC(=O)C2c2ccccc2Cl)no1. The van der Waals surface area contributed by atoms with E-state index in [9.17, 15) is 14.4 Å². The maximum Gasteiger partial charge on any atom is 0.247 e. The molecule has 10 heteroatoms. The van der Waals surface area contributed by atoms with Gasteiger partial charge in [0.05, 0.1) is 11.0 Å². The normalized spacial score (nSPS) is 17.6. The predicted octanol–water partition coefficient (Wildman–Crippen LogP) is 2.40. The Bertz CT molecular complexity index is 919. The highest BCUT2D eigenvalue weighted by molar-refractivity contribution is 8.01. The lowest BCUT2D eigenvalue weighted by atomic mass is 10.0. The summed E-state index contributed by atoms with van der Waals surface area (Å²) in [6.07, 6.45) is 0. The van der Waals surface area contributed by atoms with Gasteiger partial charge in [-0.3, -0.25) is 14.4 Å². The number of anilines is 1. The molecule has 1 aromatic heterocycles. The van der Waals surface area contributed by atoms with Crippen molar-refractivity contribution in [3.63, 3.8) is 0 Å². The summed E-state index contributed by atoms with van der Waals surface area (Å²) in [6, 6.07) is 7.80. The fraction of sp³-hybridized carbons (Fsp3) is 0.368. The van der Waals surface area contributed by atoms with Crippen LogP contribution in [-0.2, 0) is 14.4 Å². The third-order valence-corrected chi connectivity index (χ3v) is 5.91. The number of rotatable bonds is 6. The van der Waals surface area contributed by atoms with Crippen LogP contribution >= 0.6 is 23.4 Å². The van der Waals surface area contributed by atoms with Gasteiger partial charge in [0.2, 0.25) is 17.7 Å². The Kier molecular flexibility index (Phi) is 6.81. The summed E-state index contributed by atoms with van der Waals surface area (Å²) in [5.74, 6) is 0.194. The lowest BCUT2D eigenvalue weighted by molar-refractivity contribution is -0.141. The summed E-state index contributed by atoms with van der Waals surface area (Å²) in [7, 11) is 0. The van der Waals surface area contributed by atoms with Gasteiger partial charge in [0.1, 0.15) is 11.8 Å². The first-order valence-electron chi connectivity index (χ1n) is 9.04. The number of carbonyl (C=O) groups is 3. The molecule has 8 nitrogen and oxygen atoms in total. The van der Waals surface area contributed by atoms with Crippen molar-refractivity contribution in [2.24, 2.45) is 0 Å². The molecule has 154 valence electrons. The standard InChI is InChI=1S/C19H21ClN4O4S/c1-11-9-15(23-28-11)22-18(26)12(2)29-10-16(25)24-8-7-21-19(27)17(24)13-5-3-4-6-14(13)20/h3-6,9,12,17H,7-8,10H2,1-2H3,(H,21,27)(H,22,23,26). The molecule has 3 rings (SSSR count). The van der Waals surface area contributed by atoms with Crippen molar-refractivity contribution in [3.8, 4) is 0 Å². The quantitative estimate of drug-likeness (QED) is 0.720. The molecule has 0 radical (unpaired) electrons. The zero-order valence-corrected chi connectivity index (χ0v) is 17.5. The lowest BCUT2D eigenvalue weighted by Crippen LogP contribution is -2.52. The highest BCUT2D eigenvalue weighted by Crippen LogP contribution is 2.30. The van der Waals surface area contributed by atoms with E-state index < -0.39 is 11.3 Å². The molecule has 2 unspecified atom stereocenters. The van der Waals surface area contributed by atoms with Crippen LogP contribution in [0.15, 0.2) is 34.9 Å².